The number of carbonyl (C=O) groups excluding carboxylic acids is 2. The molecule has 21 heavy (non-hydrogen) atoms. The molecule has 1 aromatic rings. The van der Waals surface area contributed by atoms with Gasteiger partial charge >= 0.3 is 12.0 Å². The van der Waals surface area contributed by atoms with Gasteiger partial charge in [-0.05, 0) is 18.9 Å². The number of urea groups is 1. The summed E-state index contributed by atoms with van der Waals surface area (Å²) in [5.74, 6) is -1.02. The van der Waals surface area contributed by atoms with Gasteiger partial charge in [0.25, 0.3) is 0 Å². The maximum atomic E-state index is 12.4. The van der Waals surface area contributed by atoms with Crippen LogP contribution in [0.25, 0.3) is 0 Å². The molecule has 3 unspecified atom stereocenters. The third-order valence-corrected chi connectivity index (χ3v) is 3.57. The molecule has 0 aliphatic carbocycles. The summed E-state index contributed by atoms with van der Waals surface area (Å²) in [6.45, 7) is 7.59. The van der Waals surface area contributed by atoms with Gasteiger partial charge in [-0.25, -0.2) is 4.79 Å². The van der Waals surface area contributed by atoms with Crippen LogP contribution in [0.1, 0.15) is 31.9 Å². The lowest BCUT2D eigenvalue weighted by Gasteiger charge is -2.33. The Morgan fingerprint density at radius 3 is 2.67 bits per heavy atom. The van der Waals surface area contributed by atoms with E-state index in [-0.39, 0.29) is 18.1 Å². The molecule has 1 aliphatic rings. The van der Waals surface area contributed by atoms with Crippen molar-refractivity contribution in [1.29, 1.82) is 0 Å². The zero-order chi connectivity index (χ0) is 15.4. The van der Waals surface area contributed by atoms with E-state index in [9.17, 15) is 9.59 Å². The fourth-order valence-electron chi connectivity index (χ4n) is 2.25. The largest absolute Gasteiger partial charge is 0.462 e. The molecule has 1 saturated heterocycles. The molecule has 5 heteroatoms. The fraction of sp³-hybridized carbons (Fsp3) is 0.375. The summed E-state index contributed by atoms with van der Waals surface area (Å²) < 4.78 is 5.41. The minimum atomic E-state index is -0.640. The summed E-state index contributed by atoms with van der Waals surface area (Å²) >= 11 is 0. The third kappa shape index (κ3) is 3.42. The van der Waals surface area contributed by atoms with Crippen LogP contribution in [-0.2, 0) is 9.53 Å². The van der Waals surface area contributed by atoms with Crippen molar-refractivity contribution in [3.8, 4) is 0 Å². The quantitative estimate of drug-likeness (QED) is 0.837. The second-order valence-electron chi connectivity index (χ2n) is 5.15. The van der Waals surface area contributed by atoms with Crippen LogP contribution >= 0.6 is 0 Å². The van der Waals surface area contributed by atoms with Gasteiger partial charge in [-0.1, -0.05) is 43.8 Å². The van der Waals surface area contributed by atoms with Crippen LogP contribution in [0.4, 0.5) is 4.79 Å². The highest BCUT2D eigenvalue weighted by molar-refractivity contribution is 5.85. The van der Waals surface area contributed by atoms with Crippen LogP contribution in [0, 0.1) is 5.92 Å². The molecule has 2 amide bonds. The van der Waals surface area contributed by atoms with Gasteiger partial charge in [0.05, 0.1) is 12.1 Å². The average Bonchev–Trinajstić information content (AvgIpc) is 2.47. The van der Waals surface area contributed by atoms with Gasteiger partial charge in [0.2, 0.25) is 0 Å². The Morgan fingerprint density at radius 1 is 1.38 bits per heavy atom. The van der Waals surface area contributed by atoms with Gasteiger partial charge in [0, 0.05) is 5.70 Å². The van der Waals surface area contributed by atoms with Crippen LogP contribution in [0.5, 0.6) is 0 Å². The number of rotatable bonds is 4. The molecular formula is C16H20N2O3. The summed E-state index contributed by atoms with van der Waals surface area (Å²) in [6, 6.07) is 8.52. The first kappa shape index (κ1) is 15.1. The molecule has 5 nitrogen and oxygen atoms in total. The molecule has 0 radical (unpaired) electrons. The van der Waals surface area contributed by atoms with E-state index in [1.54, 1.807) is 0 Å². The Hall–Kier alpha value is -2.30. The standard InChI is InChI=1S/C16H20N2O3/c1-4-10(2)21-15(19)13-11(3)17-16(20)18-14(13)12-8-6-5-7-9-12/h5-10,13-14H,3-4H2,1-2H3,(H2,17,18,20). The molecule has 0 bridgehead atoms. The Labute approximate surface area is 124 Å². The third-order valence-electron chi connectivity index (χ3n) is 3.57. The predicted molar refractivity (Wildman–Crippen MR) is 79.3 cm³/mol. The molecule has 1 fully saturated rings. The number of benzene rings is 1. The maximum Gasteiger partial charge on any atom is 0.319 e. The van der Waals surface area contributed by atoms with Crippen molar-refractivity contribution in [2.24, 2.45) is 5.92 Å². The van der Waals surface area contributed by atoms with E-state index in [1.807, 2.05) is 44.2 Å². The average molecular weight is 288 g/mol. The maximum absolute atomic E-state index is 12.4. The van der Waals surface area contributed by atoms with Gasteiger partial charge in [-0.2, -0.15) is 0 Å². The monoisotopic (exact) mass is 288 g/mol. The zero-order valence-electron chi connectivity index (χ0n) is 12.3. The van der Waals surface area contributed by atoms with Crippen molar-refractivity contribution in [2.45, 2.75) is 32.4 Å². The smallest absolute Gasteiger partial charge is 0.319 e. The molecule has 0 spiro atoms. The van der Waals surface area contributed by atoms with Crippen LogP contribution in [0.15, 0.2) is 42.6 Å². The van der Waals surface area contributed by atoms with Gasteiger partial charge in [0.15, 0.2) is 0 Å². The number of nitrogens with one attached hydrogen (secondary N) is 2. The van der Waals surface area contributed by atoms with Crippen molar-refractivity contribution in [1.82, 2.24) is 10.6 Å². The molecule has 0 saturated carbocycles. The van der Waals surface area contributed by atoms with E-state index in [4.69, 9.17) is 4.74 Å². The van der Waals surface area contributed by atoms with Gasteiger partial charge in [-0.15, -0.1) is 0 Å². The van der Waals surface area contributed by atoms with Crippen LogP contribution in [-0.4, -0.2) is 18.1 Å². The number of hydrogen-bond acceptors (Lipinski definition) is 3. The normalized spacial score (nSPS) is 23.0. The number of carbonyl (C=O) groups is 2. The van der Waals surface area contributed by atoms with Crippen molar-refractivity contribution < 1.29 is 14.3 Å². The minimum Gasteiger partial charge on any atom is -0.462 e. The Morgan fingerprint density at radius 2 is 2.05 bits per heavy atom. The van der Waals surface area contributed by atoms with E-state index in [1.165, 1.54) is 0 Å². The summed E-state index contributed by atoms with van der Waals surface area (Å²) in [4.78, 5) is 24.1. The summed E-state index contributed by atoms with van der Waals surface area (Å²) in [6.07, 6.45) is 0.570. The van der Waals surface area contributed by atoms with Gasteiger partial charge < -0.3 is 15.4 Å². The molecule has 1 aromatic carbocycles. The van der Waals surface area contributed by atoms with Crippen LogP contribution < -0.4 is 10.6 Å². The van der Waals surface area contributed by atoms with E-state index in [0.29, 0.717) is 5.70 Å². The SMILES string of the molecule is C=C1NC(=O)NC(c2ccccc2)C1C(=O)OC(C)CC. The Balaban J connectivity index is 2.27. The van der Waals surface area contributed by atoms with Gasteiger partial charge in [-0.3, -0.25) is 4.79 Å². The van der Waals surface area contributed by atoms with Crippen molar-refractivity contribution in [3.63, 3.8) is 0 Å². The molecule has 112 valence electrons. The van der Waals surface area contributed by atoms with Crippen LogP contribution in [0.2, 0.25) is 0 Å². The van der Waals surface area contributed by atoms with E-state index in [2.05, 4.69) is 17.2 Å². The lowest BCUT2D eigenvalue weighted by Crippen LogP contribution is -2.51. The minimum absolute atomic E-state index is 0.167. The highest BCUT2D eigenvalue weighted by Crippen LogP contribution is 2.30. The topological polar surface area (TPSA) is 67.4 Å². The fourth-order valence-corrected chi connectivity index (χ4v) is 2.25. The molecule has 0 aromatic heterocycles. The van der Waals surface area contributed by atoms with Gasteiger partial charge in [0.1, 0.15) is 5.92 Å². The predicted octanol–water partition coefficient (Wildman–Crippen LogP) is 2.51. The lowest BCUT2D eigenvalue weighted by molar-refractivity contribution is -0.153. The first-order valence-corrected chi connectivity index (χ1v) is 7.04. The Bertz CT molecular complexity index is 542. The highest BCUT2D eigenvalue weighted by atomic mass is 16.5. The molecule has 3 atom stereocenters. The van der Waals surface area contributed by atoms with E-state index in [0.717, 1.165) is 12.0 Å². The number of esters is 1. The second-order valence-corrected chi connectivity index (χ2v) is 5.15. The number of hydrogen-bond donors (Lipinski definition) is 2. The van der Waals surface area contributed by atoms with Crippen molar-refractivity contribution in [3.05, 3.63) is 48.2 Å². The van der Waals surface area contributed by atoms with Crippen LogP contribution in [0.3, 0.4) is 0 Å². The zero-order valence-corrected chi connectivity index (χ0v) is 12.3. The summed E-state index contributed by atoms with van der Waals surface area (Å²) in [5, 5.41) is 5.33. The molecule has 1 heterocycles. The Kier molecular flexibility index (Phi) is 4.62. The summed E-state index contributed by atoms with van der Waals surface area (Å²) in [7, 11) is 0. The summed E-state index contributed by atoms with van der Waals surface area (Å²) in [5.41, 5.74) is 1.21. The molecule has 2 N–H and O–H groups in total. The van der Waals surface area contributed by atoms with Crippen molar-refractivity contribution >= 4 is 12.0 Å². The highest BCUT2D eigenvalue weighted by Gasteiger charge is 2.39. The molecule has 2 rings (SSSR count). The molecular weight excluding hydrogens is 268 g/mol. The second kappa shape index (κ2) is 6.43. The lowest BCUT2D eigenvalue weighted by atomic mass is 9.89. The number of ether oxygens (including phenoxy) is 1. The number of amides is 2. The first-order valence-electron chi connectivity index (χ1n) is 7.04. The van der Waals surface area contributed by atoms with E-state index >= 15 is 0 Å². The molecule has 1 aliphatic heterocycles. The first-order chi connectivity index (χ1) is 10.0. The van der Waals surface area contributed by atoms with E-state index < -0.39 is 12.0 Å². The van der Waals surface area contributed by atoms with Crippen molar-refractivity contribution in [2.75, 3.05) is 0 Å².